The first kappa shape index (κ1) is 46.0. The van der Waals surface area contributed by atoms with Crippen LogP contribution in [0.4, 0.5) is 57.1 Å². The van der Waals surface area contributed by atoms with Crippen molar-refractivity contribution in [3.8, 4) is 29.1 Å². The highest BCUT2D eigenvalue weighted by Crippen LogP contribution is 2.60. The first-order valence-corrected chi connectivity index (χ1v) is 17.5. The highest BCUT2D eigenvalue weighted by molar-refractivity contribution is 5.91. The van der Waals surface area contributed by atoms with Gasteiger partial charge < -0.3 is 23.7 Å². The van der Waals surface area contributed by atoms with Crippen LogP contribution in [0.1, 0.15) is 60.5 Å². The predicted molar refractivity (Wildman–Crippen MR) is 180 cm³/mol. The van der Waals surface area contributed by atoms with E-state index < -0.39 is 47.7 Å². The number of ether oxygens (including phenoxy) is 5. The predicted octanol–water partition coefficient (Wildman–Crippen LogP) is 10.8. The molecule has 1 aliphatic heterocycles. The topological polar surface area (TPSA) is 63.2 Å². The molecular weight excluding hydrogens is 811 g/mol. The molecule has 4 rings (SSSR count). The van der Waals surface area contributed by atoms with Gasteiger partial charge in [-0.05, 0) is 98.5 Å². The van der Waals surface area contributed by atoms with E-state index in [9.17, 15) is 61.9 Å². The van der Waals surface area contributed by atoms with Crippen molar-refractivity contribution in [3.63, 3.8) is 0 Å². The van der Waals surface area contributed by atoms with Gasteiger partial charge in [0.1, 0.15) is 17.2 Å². The second kappa shape index (κ2) is 18.1. The number of carbonyl (C=O) groups is 1. The van der Waals surface area contributed by atoms with Gasteiger partial charge in [-0.15, -0.1) is 0 Å². The number of rotatable bonds is 19. The second-order valence-electron chi connectivity index (χ2n) is 13.3. The molecule has 318 valence electrons. The SMILES string of the molecule is CCC1(COCCCCCCOc2ccc(C(=O)Oc3ccc(C#Cc4ccc(OC(F)(F)C(F)(F)C(F)(F)C(F)(F)C(F)(F)C(F)(F)F)cc4)cc3)cc2)COC1. The normalized spacial score (nSPS) is 14.9. The van der Waals surface area contributed by atoms with Gasteiger partial charge in [0.2, 0.25) is 0 Å². The zero-order valence-corrected chi connectivity index (χ0v) is 30.4. The first-order valence-electron chi connectivity index (χ1n) is 17.5. The maximum absolute atomic E-state index is 14.0. The molecular formula is C39H35F13O6. The Morgan fingerprint density at radius 2 is 1.10 bits per heavy atom. The summed E-state index contributed by atoms with van der Waals surface area (Å²) in [5.41, 5.74) is 0.687. The lowest BCUT2D eigenvalue weighted by molar-refractivity contribution is -0.456. The van der Waals surface area contributed by atoms with Crippen LogP contribution in [0.25, 0.3) is 0 Å². The zero-order valence-electron chi connectivity index (χ0n) is 30.4. The van der Waals surface area contributed by atoms with Gasteiger partial charge in [-0.3, -0.25) is 0 Å². The van der Waals surface area contributed by atoms with Crippen molar-refractivity contribution < 1.29 is 85.6 Å². The molecule has 0 atom stereocenters. The minimum absolute atomic E-state index is 0.0340. The summed E-state index contributed by atoms with van der Waals surface area (Å²) in [6, 6.07) is 14.4. The molecule has 3 aromatic rings. The Morgan fingerprint density at radius 3 is 1.59 bits per heavy atom. The van der Waals surface area contributed by atoms with E-state index in [1.54, 1.807) is 12.1 Å². The Labute approximate surface area is 323 Å². The molecule has 0 aliphatic carbocycles. The van der Waals surface area contributed by atoms with Crippen LogP contribution in [-0.2, 0) is 9.47 Å². The van der Waals surface area contributed by atoms with Crippen molar-refractivity contribution in [3.05, 3.63) is 89.5 Å². The van der Waals surface area contributed by atoms with Crippen LogP contribution >= 0.6 is 0 Å². The van der Waals surface area contributed by atoms with E-state index >= 15 is 0 Å². The van der Waals surface area contributed by atoms with Crippen molar-refractivity contribution >= 4 is 5.97 Å². The molecule has 3 aromatic carbocycles. The molecule has 1 aliphatic rings. The summed E-state index contributed by atoms with van der Waals surface area (Å²) in [5, 5.41) is 0. The maximum Gasteiger partial charge on any atom is 0.471 e. The molecule has 6 nitrogen and oxygen atoms in total. The van der Waals surface area contributed by atoms with Crippen LogP contribution in [-0.4, -0.2) is 75.0 Å². The summed E-state index contributed by atoms with van der Waals surface area (Å²) in [7, 11) is 0. The number of halogens is 13. The Hall–Kier alpha value is -4.70. The number of alkyl halides is 13. The third kappa shape index (κ3) is 10.3. The third-order valence-corrected chi connectivity index (χ3v) is 8.94. The molecule has 0 N–H and O–H groups in total. The average Bonchev–Trinajstić information content (AvgIpc) is 3.14. The molecule has 58 heavy (non-hydrogen) atoms. The quantitative estimate of drug-likeness (QED) is 0.0394. The monoisotopic (exact) mass is 846 g/mol. The van der Waals surface area contributed by atoms with E-state index in [2.05, 4.69) is 23.5 Å². The van der Waals surface area contributed by atoms with E-state index in [1.807, 2.05) is 0 Å². The fourth-order valence-corrected chi connectivity index (χ4v) is 5.10. The Kier molecular flexibility index (Phi) is 14.3. The van der Waals surface area contributed by atoms with Crippen molar-refractivity contribution in [1.82, 2.24) is 0 Å². The smallest absolute Gasteiger partial charge is 0.471 e. The standard InChI is InChI=1S/C39H35F13O6/c1-2-33(24-55-25-33)23-54-21-5-3-4-6-22-56-29-19-13-28(14-20-29)32(53)57-30-15-9-26(10-16-30)7-8-27-11-17-31(18-12-27)58-39(51,52)37(46,47)35(42,43)34(40,41)36(44,45)38(48,49)50/h9-20H,2-6,21-25H2,1H3. The van der Waals surface area contributed by atoms with Gasteiger partial charge in [0.05, 0.1) is 32.0 Å². The minimum Gasteiger partial charge on any atom is -0.494 e. The molecule has 0 unspecified atom stereocenters. The fraction of sp³-hybridized carbons (Fsp3) is 0.462. The zero-order chi connectivity index (χ0) is 43.0. The van der Waals surface area contributed by atoms with Gasteiger partial charge in [0, 0.05) is 23.1 Å². The number of esters is 1. The number of benzene rings is 3. The molecule has 1 saturated heterocycles. The minimum atomic E-state index is -8.03. The molecule has 1 fully saturated rings. The Morgan fingerprint density at radius 1 is 0.621 bits per heavy atom. The number of hydrogen-bond donors (Lipinski definition) is 0. The molecule has 0 saturated carbocycles. The van der Waals surface area contributed by atoms with Crippen LogP contribution in [0.2, 0.25) is 0 Å². The van der Waals surface area contributed by atoms with Gasteiger partial charge in [0.25, 0.3) is 0 Å². The number of unbranched alkanes of at least 4 members (excludes halogenated alkanes) is 3. The van der Waals surface area contributed by atoms with Gasteiger partial charge in [-0.1, -0.05) is 25.2 Å². The summed E-state index contributed by atoms with van der Waals surface area (Å²) in [5.74, 6) is -27.7. The Balaban J connectivity index is 1.22. The molecule has 0 radical (unpaired) electrons. The molecule has 0 bridgehead atoms. The van der Waals surface area contributed by atoms with Crippen molar-refractivity contribution in [2.75, 3.05) is 33.0 Å². The lowest BCUT2D eigenvalue weighted by atomic mass is 9.84. The van der Waals surface area contributed by atoms with E-state index in [0.29, 0.717) is 36.7 Å². The molecule has 0 spiro atoms. The molecule has 0 amide bonds. The van der Waals surface area contributed by atoms with Crippen LogP contribution in [0.15, 0.2) is 72.8 Å². The van der Waals surface area contributed by atoms with Crippen molar-refractivity contribution in [2.24, 2.45) is 5.41 Å². The van der Waals surface area contributed by atoms with Gasteiger partial charge in [-0.25, -0.2) is 4.79 Å². The van der Waals surface area contributed by atoms with Gasteiger partial charge in [-0.2, -0.15) is 57.1 Å². The van der Waals surface area contributed by atoms with Crippen molar-refractivity contribution in [2.45, 2.75) is 75.0 Å². The number of hydrogen-bond acceptors (Lipinski definition) is 6. The summed E-state index contributed by atoms with van der Waals surface area (Å²) in [6.07, 6.45) is -9.41. The van der Waals surface area contributed by atoms with E-state index in [1.165, 1.54) is 36.4 Å². The van der Waals surface area contributed by atoms with Gasteiger partial charge in [0.15, 0.2) is 0 Å². The highest BCUT2D eigenvalue weighted by Gasteiger charge is 2.91. The number of carbonyl (C=O) groups excluding carboxylic acids is 1. The summed E-state index contributed by atoms with van der Waals surface area (Å²) in [6.45, 7) is 5.58. The lowest BCUT2D eigenvalue weighted by Gasteiger charge is -2.40. The summed E-state index contributed by atoms with van der Waals surface area (Å²) in [4.78, 5) is 12.6. The van der Waals surface area contributed by atoms with Gasteiger partial charge >= 0.3 is 41.9 Å². The summed E-state index contributed by atoms with van der Waals surface area (Å²) >= 11 is 0. The van der Waals surface area contributed by atoms with Crippen LogP contribution in [0.3, 0.4) is 0 Å². The van der Waals surface area contributed by atoms with E-state index in [4.69, 9.17) is 18.9 Å². The molecule has 1 heterocycles. The lowest BCUT2D eigenvalue weighted by Crippen LogP contribution is -2.70. The highest BCUT2D eigenvalue weighted by atomic mass is 19.4. The largest absolute Gasteiger partial charge is 0.494 e. The van der Waals surface area contributed by atoms with Crippen LogP contribution < -0.4 is 14.2 Å². The van der Waals surface area contributed by atoms with Crippen molar-refractivity contribution in [1.29, 1.82) is 0 Å². The fourth-order valence-electron chi connectivity index (χ4n) is 5.10. The summed E-state index contributed by atoms with van der Waals surface area (Å²) < 4.78 is 199. The van der Waals surface area contributed by atoms with Crippen LogP contribution in [0.5, 0.6) is 17.2 Å². The average molecular weight is 847 g/mol. The first-order chi connectivity index (χ1) is 27.0. The Bertz CT molecular complexity index is 1860. The van der Waals surface area contributed by atoms with E-state index in [0.717, 1.165) is 64.1 Å². The molecule has 19 heteroatoms. The van der Waals surface area contributed by atoms with Crippen LogP contribution in [0, 0.1) is 17.3 Å². The van der Waals surface area contributed by atoms with E-state index in [-0.39, 0.29) is 22.3 Å². The third-order valence-electron chi connectivity index (χ3n) is 8.94. The molecule has 0 aromatic heterocycles. The maximum atomic E-state index is 14.0. The second-order valence-corrected chi connectivity index (χ2v) is 13.3.